The van der Waals surface area contributed by atoms with Gasteiger partial charge in [-0.2, -0.15) is 5.26 Å². The molecule has 0 aromatic carbocycles. The summed E-state index contributed by atoms with van der Waals surface area (Å²) in [5.41, 5.74) is -0.603. The van der Waals surface area contributed by atoms with Gasteiger partial charge in [0.15, 0.2) is 0 Å². The highest BCUT2D eigenvalue weighted by molar-refractivity contribution is 7.99. The second kappa shape index (κ2) is 3.95. The van der Waals surface area contributed by atoms with Crippen LogP contribution in [-0.2, 0) is 13.1 Å². The second-order valence-corrected chi connectivity index (χ2v) is 4.28. The molecule has 0 unspecified atom stereocenters. The number of nitrogens with zero attached hydrogens (tertiary/aromatic N) is 3. The van der Waals surface area contributed by atoms with Gasteiger partial charge in [0.05, 0.1) is 17.5 Å². The van der Waals surface area contributed by atoms with Gasteiger partial charge in [-0.3, -0.25) is 13.9 Å². The van der Waals surface area contributed by atoms with Crippen molar-refractivity contribution in [2.45, 2.75) is 24.5 Å². The molecule has 1 aliphatic rings. The molecule has 0 fully saturated rings. The average molecular weight is 223 g/mol. The maximum atomic E-state index is 11.8. The van der Waals surface area contributed by atoms with Crippen LogP contribution in [0.4, 0.5) is 0 Å². The molecule has 6 heteroatoms. The number of aromatic nitrogens is 2. The van der Waals surface area contributed by atoms with Gasteiger partial charge in [0.25, 0.3) is 5.56 Å². The minimum atomic E-state index is -0.309. The summed E-state index contributed by atoms with van der Waals surface area (Å²) in [5, 5.41) is 9.16. The summed E-state index contributed by atoms with van der Waals surface area (Å²) in [5.74, 6) is 0.830. The van der Waals surface area contributed by atoms with Crippen LogP contribution in [0.3, 0.4) is 0 Å². The lowest BCUT2D eigenvalue weighted by Gasteiger charge is -2.05. The summed E-state index contributed by atoms with van der Waals surface area (Å²) in [6, 6.07) is 3.39. The highest BCUT2D eigenvalue weighted by Gasteiger charge is 2.16. The lowest BCUT2D eigenvalue weighted by molar-refractivity contribution is 0.551. The van der Waals surface area contributed by atoms with Crippen molar-refractivity contribution in [3.63, 3.8) is 0 Å². The molecule has 78 valence electrons. The van der Waals surface area contributed by atoms with Crippen molar-refractivity contribution >= 4 is 11.8 Å². The molecule has 2 rings (SSSR count). The minimum Gasteiger partial charge on any atom is -0.287 e. The molecule has 0 saturated carbocycles. The molecule has 0 N–H and O–H groups in total. The lowest BCUT2D eigenvalue weighted by atomic mass is 10.4. The van der Waals surface area contributed by atoms with Crippen LogP contribution in [0.2, 0.25) is 0 Å². The number of rotatable bonds is 2. The van der Waals surface area contributed by atoms with E-state index in [0.29, 0.717) is 6.54 Å². The van der Waals surface area contributed by atoms with Crippen LogP contribution in [0.15, 0.2) is 20.7 Å². The van der Waals surface area contributed by atoms with E-state index in [4.69, 9.17) is 5.26 Å². The van der Waals surface area contributed by atoms with Crippen molar-refractivity contribution in [3.8, 4) is 6.07 Å². The Morgan fingerprint density at radius 2 is 2.33 bits per heavy atom. The first-order valence-corrected chi connectivity index (χ1v) is 5.57. The molecule has 1 aromatic heterocycles. The topological polar surface area (TPSA) is 67.8 Å². The molecule has 5 nitrogen and oxygen atoms in total. The highest BCUT2D eigenvalue weighted by atomic mass is 32.2. The van der Waals surface area contributed by atoms with E-state index in [2.05, 4.69) is 0 Å². The third-order valence-electron chi connectivity index (χ3n) is 2.25. The van der Waals surface area contributed by atoms with Gasteiger partial charge in [0.1, 0.15) is 0 Å². The van der Waals surface area contributed by atoms with Gasteiger partial charge >= 0.3 is 5.69 Å². The molecule has 0 aliphatic carbocycles. The van der Waals surface area contributed by atoms with Gasteiger partial charge in [-0.15, -0.1) is 11.8 Å². The molecular weight excluding hydrogens is 214 g/mol. The predicted octanol–water partition coefficient (Wildman–Crippen LogP) is 0.0294. The number of hydrogen-bond donors (Lipinski definition) is 0. The Morgan fingerprint density at radius 1 is 1.53 bits per heavy atom. The molecule has 1 aromatic rings. The third-order valence-corrected chi connectivity index (χ3v) is 3.27. The van der Waals surface area contributed by atoms with Crippen LogP contribution in [0.1, 0.15) is 6.42 Å². The summed E-state index contributed by atoms with van der Waals surface area (Å²) in [6.45, 7) is 0.824. The second-order valence-electron chi connectivity index (χ2n) is 3.16. The monoisotopic (exact) mass is 223 g/mol. The Bertz CT molecular complexity index is 538. The molecule has 0 saturated heterocycles. The number of fused-ring (bicyclic) bond motifs is 1. The van der Waals surface area contributed by atoms with Gasteiger partial charge in [-0.25, -0.2) is 4.79 Å². The Balaban J connectivity index is 2.53. The van der Waals surface area contributed by atoms with Crippen LogP contribution >= 0.6 is 11.8 Å². The third kappa shape index (κ3) is 1.70. The first-order valence-electron chi connectivity index (χ1n) is 4.58. The fourth-order valence-electron chi connectivity index (χ4n) is 1.53. The Morgan fingerprint density at radius 3 is 3.07 bits per heavy atom. The Kier molecular flexibility index (Phi) is 2.64. The van der Waals surface area contributed by atoms with Crippen LogP contribution in [0.25, 0.3) is 0 Å². The Labute approximate surface area is 89.9 Å². The van der Waals surface area contributed by atoms with Gasteiger partial charge < -0.3 is 0 Å². The predicted molar refractivity (Wildman–Crippen MR) is 55.9 cm³/mol. The van der Waals surface area contributed by atoms with Crippen molar-refractivity contribution in [3.05, 3.63) is 26.9 Å². The first-order chi connectivity index (χ1) is 7.24. The largest absolute Gasteiger partial charge is 0.331 e. The van der Waals surface area contributed by atoms with Gasteiger partial charge in [-0.05, 0) is 0 Å². The summed E-state index contributed by atoms with van der Waals surface area (Å²) < 4.78 is 2.71. The standard InChI is InChI=1S/C9H9N3O2S/c10-2-1-3-11-7(13)6-8-12(9(11)14)4-5-15-8/h6H,1,3-5H2. The zero-order valence-electron chi connectivity index (χ0n) is 7.97. The summed E-state index contributed by atoms with van der Waals surface area (Å²) in [7, 11) is 0. The first kappa shape index (κ1) is 10.1. The van der Waals surface area contributed by atoms with E-state index < -0.39 is 0 Å². The molecule has 0 bridgehead atoms. The van der Waals surface area contributed by atoms with Crippen LogP contribution in [-0.4, -0.2) is 14.9 Å². The molecule has 15 heavy (non-hydrogen) atoms. The smallest absolute Gasteiger partial charge is 0.287 e. The number of nitriles is 1. The molecule has 2 heterocycles. The molecule has 0 spiro atoms. The number of thioether (sulfide) groups is 1. The zero-order valence-corrected chi connectivity index (χ0v) is 8.79. The number of hydrogen-bond acceptors (Lipinski definition) is 4. The SMILES string of the molecule is N#CCCn1c(=O)cc2n(c1=O)CCS2. The molecule has 0 amide bonds. The van der Waals surface area contributed by atoms with Crippen LogP contribution in [0.5, 0.6) is 0 Å². The van der Waals surface area contributed by atoms with Crippen molar-refractivity contribution in [2.75, 3.05) is 5.75 Å². The fourth-order valence-corrected chi connectivity index (χ4v) is 2.52. The van der Waals surface area contributed by atoms with Crippen molar-refractivity contribution in [2.24, 2.45) is 0 Å². The van der Waals surface area contributed by atoms with Crippen LogP contribution < -0.4 is 11.2 Å². The van der Waals surface area contributed by atoms with E-state index in [1.807, 2.05) is 6.07 Å². The highest BCUT2D eigenvalue weighted by Crippen LogP contribution is 2.21. The summed E-state index contributed by atoms with van der Waals surface area (Å²) >= 11 is 1.51. The van der Waals surface area contributed by atoms with Gasteiger partial charge in [0, 0.05) is 24.9 Å². The molecule has 1 aliphatic heterocycles. The van der Waals surface area contributed by atoms with Crippen molar-refractivity contribution in [1.29, 1.82) is 5.26 Å². The normalized spacial score (nSPS) is 13.5. The summed E-state index contributed by atoms with van der Waals surface area (Å²) in [4.78, 5) is 23.3. The molecular formula is C9H9N3O2S. The fraction of sp³-hybridized carbons (Fsp3) is 0.444. The van der Waals surface area contributed by atoms with Crippen molar-refractivity contribution in [1.82, 2.24) is 9.13 Å². The average Bonchev–Trinajstić information content (AvgIpc) is 2.65. The molecule has 0 atom stereocenters. The van der Waals surface area contributed by atoms with Gasteiger partial charge in [-0.1, -0.05) is 0 Å². The van der Waals surface area contributed by atoms with Gasteiger partial charge in [0.2, 0.25) is 0 Å². The Hall–Kier alpha value is -1.48. The van der Waals surface area contributed by atoms with Crippen LogP contribution in [0, 0.1) is 11.3 Å². The minimum absolute atomic E-state index is 0.180. The maximum Gasteiger partial charge on any atom is 0.331 e. The maximum absolute atomic E-state index is 11.8. The van der Waals surface area contributed by atoms with E-state index >= 15 is 0 Å². The summed E-state index contributed by atoms with van der Waals surface area (Å²) in [6.07, 6.45) is 0.182. The van der Waals surface area contributed by atoms with E-state index in [1.54, 1.807) is 4.57 Å². The van der Waals surface area contributed by atoms with E-state index in [-0.39, 0.29) is 24.2 Å². The lowest BCUT2D eigenvalue weighted by Crippen LogP contribution is -2.39. The quantitative estimate of drug-likeness (QED) is 0.663. The molecule has 0 radical (unpaired) electrons. The van der Waals surface area contributed by atoms with E-state index in [9.17, 15) is 9.59 Å². The van der Waals surface area contributed by atoms with E-state index in [0.717, 1.165) is 15.3 Å². The zero-order chi connectivity index (χ0) is 10.8. The van der Waals surface area contributed by atoms with Crippen molar-refractivity contribution < 1.29 is 0 Å². The van der Waals surface area contributed by atoms with E-state index in [1.165, 1.54) is 17.8 Å².